The van der Waals surface area contributed by atoms with Crippen LogP contribution in [0.1, 0.15) is 39.8 Å². The second kappa shape index (κ2) is 12.4. The van der Waals surface area contributed by atoms with Crippen LogP contribution in [0.4, 0.5) is 0 Å². The third-order valence-corrected chi connectivity index (χ3v) is 6.26. The Morgan fingerprint density at radius 1 is 0.971 bits per heavy atom. The molecule has 0 amide bonds. The van der Waals surface area contributed by atoms with Crippen LogP contribution in [0, 0.1) is 18.3 Å². The van der Waals surface area contributed by atoms with Crippen molar-refractivity contribution in [1.29, 1.82) is 5.26 Å². The molecule has 0 atom stereocenters. The highest BCUT2D eigenvalue weighted by Gasteiger charge is 2.15. The van der Waals surface area contributed by atoms with Crippen molar-refractivity contribution in [2.24, 2.45) is 0 Å². The molecule has 1 saturated heterocycles. The van der Waals surface area contributed by atoms with Gasteiger partial charge in [0.15, 0.2) is 0 Å². The Balaban J connectivity index is 1.35. The van der Waals surface area contributed by atoms with E-state index in [1.165, 1.54) is 25.1 Å². The molecular formula is C29H33N3O3. The molecule has 2 N–H and O–H groups in total. The first-order valence-corrected chi connectivity index (χ1v) is 12.1. The molecule has 1 aliphatic heterocycles. The summed E-state index contributed by atoms with van der Waals surface area (Å²) in [5.41, 5.74) is 5.82. The third-order valence-electron chi connectivity index (χ3n) is 6.26. The van der Waals surface area contributed by atoms with E-state index in [2.05, 4.69) is 35.3 Å². The standard InChI is InChI=1S/C29H33N3O3/c1-22-16-24(19-32-13-3-14-32)8-11-29(22)35-21-26-5-2-4-25(28(26)17-30)20-34-27-9-6-23(7-10-27)18-31-12-15-33/h2,4-11,16,31,33H,3,12-15,18-21H2,1H3. The zero-order valence-corrected chi connectivity index (χ0v) is 20.3. The topological polar surface area (TPSA) is 77.8 Å². The van der Waals surface area contributed by atoms with Gasteiger partial charge in [0.2, 0.25) is 0 Å². The van der Waals surface area contributed by atoms with Crippen LogP contribution in [-0.2, 0) is 26.3 Å². The van der Waals surface area contributed by atoms with Gasteiger partial charge in [-0.2, -0.15) is 5.26 Å². The van der Waals surface area contributed by atoms with Crippen molar-refractivity contribution in [3.8, 4) is 17.6 Å². The van der Waals surface area contributed by atoms with Crippen molar-refractivity contribution in [1.82, 2.24) is 10.2 Å². The molecule has 6 heteroatoms. The van der Waals surface area contributed by atoms with Crippen LogP contribution in [-0.4, -0.2) is 36.2 Å². The maximum absolute atomic E-state index is 9.85. The molecular weight excluding hydrogens is 438 g/mol. The number of aryl methyl sites for hydroxylation is 1. The van der Waals surface area contributed by atoms with Gasteiger partial charge in [0.05, 0.1) is 18.2 Å². The highest BCUT2D eigenvalue weighted by molar-refractivity contribution is 5.45. The van der Waals surface area contributed by atoms with Gasteiger partial charge < -0.3 is 19.9 Å². The van der Waals surface area contributed by atoms with E-state index in [0.717, 1.165) is 40.3 Å². The summed E-state index contributed by atoms with van der Waals surface area (Å²) < 4.78 is 12.1. The van der Waals surface area contributed by atoms with E-state index >= 15 is 0 Å². The maximum atomic E-state index is 9.85. The number of aliphatic hydroxyl groups is 1. The molecule has 0 unspecified atom stereocenters. The van der Waals surface area contributed by atoms with Gasteiger partial charge in [-0.15, -0.1) is 0 Å². The lowest BCUT2D eigenvalue weighted by Gasteiger charge is -2.30. The summed E-state index contributed by atoms with van der Waals surface area (Å²) >= 11 is 0. The van der Waals surface area contributed by atoms with Crippen molar-refractivity contribution in [2.45, 2.75) is 39.6 Å². The van der Waals surface area contributed by atoms with Gasteiger partial charge in [-0.25, -0.2) is 0 Å². The first kappa shape index (κ1) is 24.7. The molecule has 4 rings (SSSR count). The van der Waals surface area contributed by atoms with E-state index in [9.17, 15) is 5.26 Å². The number of hydrogen-bond donors (Lipinski definition) is 2. The van der Waals surface area contributed by atoms with Crippen molar-refractivity contribution < 1.29 is 14.6 Å². The van der Waals surface area contributed by atoms with Crippen LogP contribution >= 0.6 is 0 Å². The van der Waals surface area contributed by atoms with Crippen molar-refractivity contribution in [3.05, 3.63) is 94.0 Å². The minimum Gasteiger partial charge on any atom is -0.489 e. The molecule has 3 aromatic rings. The van der Waals surface area contributed by atoms with Crippen LogP contribution in [0.3, 0.4) is 0 Å². The molecule has 35 heavy (non-hydrogen) atoms. The normalized spacial score (nSPS) is 13.2. The summed E-state index contributed by atoms with van der Waals surface area (Å²) in [6.45, 7) is 7.45. The molecule has 0 aliphatic carbocycles. The summed E-state index contributed by atoms with van der Waals surface area (Å²) in [4.78, 5) is 2.44. The third kappa shape index (κ3) is 6.83. The Morgan fingerprint density at radius 3 is 2.31 bits per heavy atom. The second-order valence-electron chi connectivity index (χ2n) is 8.91. The lowest BCUT2D eigenvalue weighted by Crippen LogP contribution is -2.36. The Hall–Kier alpha value is -3.37. The quantitative estimate of drug-likeness (QED) is 0.383. The van der Waals surface area contributed by atoms with E-state index < -0.39 is 0 Å². The van der Waals surface area contributed by atoms with Crippen molar-refractivity contribution in [2.75, 3.05) is 26.2 Å². The number of ether oxygens (including phenoxy) is 2. The number of nitriles is 1. The van der Waals surface area contributed by atoms with E-state index in [1.54, 1.807) is 0 Å². The van der Waals surface area contributed by atoms with E-state index in [4.69, 9.17) is 14.6 Å². The predicted octanol–water partition coefficient (Wildman–Crippen LogP) is 4.31. The van der Waals surface area contributed by atoms with Crippen molar-refractivity contribution in [3.63, 3.8) is 0 Å². The smallest absolute Gasteiger partial charge is 0.122 e. The minimum atomic E-state index is 0.122. The fourth-order valence-corrected chi connectivity index (χ4v) is 4.14. The molecule has 3 aromatic carbocycles. The van der Waals surface area contributed by atoms with Crippen LogP contribution in [0.25, 0.3) is 0 Å². The molecule has 6 nitrogen and oxygen atoms in total. The van der Waals surface area contributed by atoms with Gasteiger partial charge in [0.1, 0.15) is 24.7 Å². The van der Waals surface area contributed by atoms with Gasteiger partial charge in [0, 0.05) is 30.8 Å². The monoisotopic (exact) mass is 471 g/mol. The molecule has 0 aromatic heterocycles. The molecule has 0 spiro atoms. The largest absolute Gasteiger partial charge is 0.489 e. The summed E-state index contributed by atoms with van der Waals surface area (Å²) in [6.07, 6.45) is 1.29. The molecule has 1 fully saturated rings. The number of nitrogens with one attached hydrogen (secondary N) is 1. The summed E-state index contributed by atoms with van der Waals surface area (Å²) in [5, 5.41) is 21.9. The Kier molecular flexibility index (Phi) is 8.74. The Morgan fingerprint density at radius 2 is 1.69 bits per heavy atom. The number of aliphatic hydroxyl groups excluding tert-OH is 1. The Bertz CT molecular complexity index is 1150. The zero-order chi connectivity index (χ0) is 24.5. The lowest BCUT2D eigenvalue weighted by atomic mass is 10.0. The first-order valence-electron chi connectivity index (χ1n) is 12.1. The highest BCUT2D eigenvalue weighted by Crippen LogP contribution is 2.24. The molecule has 1 aliphatic rings. The average molecular weight is 472 g/mol. The van der Waals surface area contributed by atoms with Gasteiger partial charge in [-0.1, -0.05) is 42.5 Å². The predicted molar refractivity (Wildman–Crippen MR) is 136 cm³/mol. The van der Waals surface area contributed by atoms with E-state index in [1.807, 2.05) is 48.5 Å². The zero-order valence-electron chi connectivity index (χ0n) is 20.3. The molecule has 0 radical (unpaired) electrons. The fourth-order valence-electron chi connectivity index (χ4n) is 4.14. The SMILES string of the molecule is Cc1cc(CN2CCC2)ccc1OCc1cccc(COc2ccc(CNCCO)cc2)c1C#N. The summed E-state index contributed by atoms with van der Waals surface area (Å²) in [5.74, 6) is 1.59. The lowest BCUT2D eigenvalue weighted by molar-refractivity contribution is 0.172. The molecule has 0 saturated carbocycles. The summed E-state index contributed by atoms with van der Waals surface area (Å²) in [7, 11) is 0. The van der Waals surface area contributed by atoms with Crippen LogP contribution in [0.15, 0.2) is 60.7 Å². The van der Waals surface area contributed by atoms with Gasteiger partial charge in [-0.05, 0) is 61.3 Å². The van der Waals surface area contributed by atoms with Gasteiger partial charge in [-0.3, -0.25) is 4.90 Å². The number of hydrogen-bond acceptors (Lipinski definition) is 6. The van der Waals surface area contributed by atoms with E-state index in [-0.39, 0.29) is 6.61 Å². The summed E-state index contributed by atoms with van der Waals surface area (Å²) in [6, 6.07) is 22.3. The molecule has 0 bridgehead atoms. The number of rotatable bonds is 12. The van der Waals surface area contributed by atoms with Gasteiger partial charge in [0.25, 0.3) is 0 Å². The van der Waals surface area contributed by atoms with Crippen LogP contribution in [0.5, 0.6) is 11.5 Å². The maximum Gasteiger partial charge on any atom is 0.122 e. The average Bonchev–Trinajstić information content (AvgIpc) is 2.85. The van der Waals surface area contributed by atoms with E-state index in [0.29, 0.717) is 31.9 Å². The van der Waals surface area contributed by atoms with Crippen LogP contribution in [0.2, 0.25) is 0 Å². The first-order chi connectivity index (χ1) is 17.2. The highest BCUT2D eigenvalue weighted by atomic mass is 16.5. The number of benzene rings is 3. The van der Waals surface area contributed by atoms with Gasteiger partial charge >= 0.3 is 0 Å². The molecule has 1 heterocycles. The fraction of sp³-hybridized carbons (Fsp3) is 0.345. The minimum absolute atomic E-state index is 0.122. The number of likely N-dealkylation sites (tertiary alicyclic amines) is 1. The second-order valence-corrected chi connectivity index (χ2v) is 8.91. The number of nitrogens with zero attached hydrogens (tertiary/aromatic N) is 2. The van der Waals surface area contributed by atoms with Crippen LogP contribution < -0.4 is 14.8 Å². The van der Waals surface area contributed by atoms with Crippen molar-refractivity contribution >= 4 is 0 Å². The Labute approximate surface area is 207 Å². The molecule has 182 valence electrons.